The molecule has 0 unspecified atom stereocenters. The Balaban J connectivity index is 1.59. The molecule has 2 heterocycles. The molecule has 6 heteroatoms. The predicted octanol–water partition coefficient (Wildman–Crippen LogP) is 2.37. The first kappa shape index (κ1) is 15.3. The normalized spacial score (nSPS) is 26.2. The molecule has 0 spiro atoms. The maximum atomic E-state index is 11.8. The molecule has 1 saturated heterocycles. The summed E-state index contributed by atoms with van der Waals surface area (Å²) in [5.74, 6) is 1.37. The lowest BCUT2D eigenvalue weighted by molar-refractivity contribution is -0.125. The zero-order valence-electron chi connectivity index (χ0n) is 12.2. The molecule has 2 aliphatic rings. The van der Waals surface area contributed by atoms with E-state index >= 15 is 0 Å². The summed E-state index contributed by atoms with van der Waals surface area (Å²) in [5.41, 5.74) is 0. The molecule has 1 amide bonds. The number of carbonyl (C=O) groups is 1. The molecule has 2 fully saturated rings. The van der Waals surface area contributed by atoms with Gasteiger partial charge in [-0.15, -0.1) is 11.3 Å². The minimum absolute atomic E-state index is 0.00540. The Kier molecular flexibility index (Phi) is 4.84. The lowest BCUT2D eigenvalue weighted by Crippen LogP contribution is -2.42. The lowest BCUT2D eigenvalue weighted by atomic mass is 9.98. The van der Waals surface area contributed by atoms with Crippen molar-refractivity contribution in [3.05, 3.63) is 21.3 Å². The van der Waals surface area contributed by atoms with E-state index in [4.69, 9.17) is 16.3 Å². The van der Waals surface area contributed by atoms with Crippen LogP contribution in [0.4, 0.5) is 0 Å². The van der Waals surface area contributed by atoms with E-state index in [1.807, 2.05) is 6.07 Å². The van der Waals surface area contributed by atoms with E-state index in [9.17, 15) is 4.79 Å². The van der Waals surface area contributed by atoms with E-state index in [-0.39, 0.29) is 18.6 Å². The van der Waals surface area contributed by atoms with Crippen molar-refractivity contribution in [1.29, 1.82) is 0 Å². The number of carbonyl (C=O) groups excluding carboxylic acids is 1. The SMILES string of the molecule is COCC(=O)N[C@H]1CN(Cc2ccc(Cl)s2)C[C@@H]1C1CC1. The van der Waals surface area contributed by atoms with Gasteiger partial charge in [-0.25, -0.2) is 0 Å². The van der Waals surface area contributed by atoms with Crippen molar-refractivity contribution in [3.63, 3.8) is 0 Å². The van der Waals surface area contributed by atoms with Crippen LogP contribution in [0.2, 0.25) is 4.34 Å². The van der Waals surface area contributed by atoms with Crippen molar-refractivity contribution in [2.24, 2.45) is 11.8 Å². The van der Waals surface area contributed by atoms with Crippen LogP contribution in [-0.2, 0) is 16.1 Å². The van der Waals surface area contributed by atoms with Crippen LogP contribution in [0, 0.1) is 11.8 Å². The summed E-state index contributed by atoms with van der Waals surface area (Å²) in [7, 11) is 1.55. The highest BCUT2D eigenvalue weighted by molar-refractivity contribution is 7.16. The van der Waals surface area contributed by atoms with Gasteiger partial charge >= 0.3 is 0 Å². The topological polar surface area (TPSA) is 41.6 Å². The molecule has 116 valence electrons. The highest BCUT2D eigenvalue weighted by atomic mass is 35.5. The Hall–Kier alpha value is -0.620. The van der Waals surface area contributed by atoms with Gasteiger partial charge in [0.15, 0.2) is 0 Å². The fourth-order valence-corrected chi connectivity index (χ4v) is 4.36. The second kappa shape index (κ2) is 6.65. The number of thiophene rings is 1. The molecular weight excluding hydrogens is 308 g/mol. The summed E-state index contributed by atoms with van der Waals surface area (Å²) < 4.78 is 5.75. The molecule has 1 aromatic heterocycles. The number of nitrogens with zero attached hydrogens (tertiary/aromatic N) is 1. The van der Waals surface area contributed by atoms with Crippen LogP contribution in [0.5, 0.6) is 0 Å². The Labute approximate surface area is 134 Å². The van der Waals surface area contributed by atoms with Crippen molar-refractivity contribution < 1.29 is 9.53 Å². The number of amides is 1. The van der Waals surface area contributed by atoms with Crippen LogP contribution >= 0.6 is 22.9 Å². The molecule has 3 rings (SSSR count). The summed E-state index contributed by atoms with van der Waals surface area (Å²) in [5, 5.41) is 3.14. The molecule has 0 aromatic carbocycles. The highest BCUT2D eigenvalue weighted by Gasteiger charge is 2.42. The van der Waals surface area contributed by atoms with E-state index in [1.165, 1.54) is 17.7 Å². The Morgan fingerprint density at radius 2 is 2.29 bits per heavy atom. The van der Waals surface area contributed by atoms with Crippen LogP contribution in [0.3, 0.4) is 0 Å². The lowest BCUT2D eigenvalue weighted by Gasteiger charge is -2.19. The van der Waals surface area contributed by atoms with Gasteiger partial charge in [0, 0.05) is 37.7 Å². The first-order valence-electron chi connectivity index (χ1n) is 7.40. The first-order chi connectivity index (χ1) is 10.2. The molecule has 1 aromatic rings. The van der Waals surface area contributed by atoms with Crippen molar-refractivity contribution in [2.45, 2.75) is 25.4 Å². The molecule has 1 N–H and O–H groups in total. The fourth-order valence-electron chi connectivity index (χ4n) is 3.23. The van der Waals surface area contributed by atoms with Gasteiger partial charge in [0.1, 0.15) is 6.61 Å². The van der Waals surface area contributed by atoms with E-state index < -0.39 is 0 Å². The van der Waals surface area contributed by atoms with Crippen LogP contribution in [0.15, 0.2) is 12.1 Å². The van der Waals surface area contributed by atoms with E-state index in [1.54, 1.807) is 18.4 Å². The summed E-state index contributed by atoms with van der Waals surface area (Å²) in [6, 6.07) is 4.31. The van der Waals surface area contributed by atoms with Crippen molar-refractivity contribution in [1.82, 2.24) is 10.2 Å². The molecular formula is C15H21ClN2O2S. The number of nitrogens with one attached hydrogen (secondary N) is 1. The van der Waals surface area contributed by atoms with Gasteiger partial charge in [-0.2, -0.15) is 0 Å². The minimum atomic E-state index is -0.00540. The maximum absolute atomic E-state index is 11.8. The predicted molar refractivity (Wildman–Crippen MR) is 84.6 cm³/mol. The molecule has 0 radical (unpaired) electrons. The quantitative estimate of drug-likeness (QED) is 0.871. The number of methoxy groups -OCH3 is 1. The Morgan fingerprint density at radius 3 is 2.90 bits per heavy atom. The third-order valence-electron chi connectivity index (χ3n) is 4.30. The highest BCUT2D eigenvalue weighted by Crippen LogP contribution is 2.42. The average Bonchev–Trinajstić information content (AvgIpc) is 3.09. The standard InChI is InChI=1S/C15H21ClN2O2S/c1-20-9-15(19)17-13-8-18(7-12(13)10-2-3-10)6-11-4-5-14(16)21-11/h4-5,10,12-13H,2-3,6-9H2,1H3,(H,17,19)/t12-,13+/m1/s1. The summed E-state index contributed by atoms with van der Waals surface area (Å²) in [6.07, 6.45) is 2.61. The molecule has 1 aliphatic carbocycles. The first-order valence-corrected chi connectivity index (χ1v) is 8.60. The molecule has 2 atom stereocenters. The zero-order chi connectivity index (χ0) is 14.8. The van der Waals surface area contributed by atoms with E-state index in [2.05, 4.69) is 16.3 Å². The number of halogens is 1. The number of hydrogen-bond acceptors (Lipinski definition) is 4. The monoisotopic (exact) mass is 328 g/mol. The average molecular weight is 329 g/mol. The minimum Gasteiger partial charge on any atom is -0.375 e. The summed E-state index contributed by atoms with van der Waals surface area (Å²) in [4.78, 5) is 15.5. The van der Waals surface area contributed by atoms with Gasteiger partial charge in [-0.3, -0.25) is 9.69 Å². The Bertz CT molecular complexity index is 504. The number of rotatable bonds is 6. The molecule has 1 saturated carbocycles. The van der Waals surface area contributed by atoms with Crippen LogP contribution in [0.1, 0.15) is 17.7 Å². The van der Waals surface area contributed by atoms with E-state index in [0.717, 1.165) is 29.9 Å². The van der Waals surface area contributed by atoms with Crippen LogP contribution < -0.4 is 5.32 Å². The van der Waals surface area contributed by atoms with Gasteiger partial charge in [-0.1, -0.05) is 11.6 Å². The molecule has 4 nitrogen and oxygen atoms in total. The molecule has 0 bridgehead atoms. The second-order valence-electron chi connectivity index (χ2n) is 6.01. The largest absolute Gasteiger partial charge is 0.375 e. The van der Waals surface area contributed by atoms with Gasteiger partial charge in [-0.05, 0) is 36.8 Å². The Morgan fingerprint density at radius 1 is 1.48 bits per heavy atom. The number of hydrogen-bond donors (Lipinski definition) is 1. The van der Waals surface area contributed by atoms with Crippen LogP contribution in [-0.4, -0.2) is 43.7 Å². The van der Waals surface area contributed by atoms with E-state index in [0.29, 0.717) is 5.92 Å². The second-order valence-corrected chi connectivity index (χ2v) is 7.81. The third-order valence-corrected chi connectivity index (χ3v) is 5.51. The molecule has 1 aliphatic heterocycles. The smallest absolute Gasteiger partial charge is 0.246 e. The maximum Gasteiger partial charge on any atom is 0.246 e. The fraction of sp³-hybridized carbons (Fsp3) is 0.667. The van der Waals surface area contributed by atoms with Gasteiger partial charge in [0.25, 0.3) is 0 Å². The number of likely N-dealkylation sites (tertiary alicyclic amines) is 1. The van der Waals surface area contributed by atoms with Gasteiger partial charge in [0.05, 0.1) is 4.34 Å². The van der Waals surface area contributed by atoms with Crippen LogP contribution in [0.25, 0.3) is 0 Å². The summed E-state index contributed by atoms with van der Waals surface area (Å²) in [6.45, 7) is 3.07. The zero-order valence-corrected chi connectivity index (χ0v) is 13.8. The van der Waals surface area contributed by atoms with Gasteiger partial charge < -0.3 is 10.1 Å². The molecule has 21 heavy (non-hydrogen) atoms. The van der Waals surface area contributed by atoms with Crippen molar-refractivity contribution in [2.75, 3.05) is 26.8 Å². The third kappa shape index (κ3) is 3.97. The number of ether oxygens (including phenoxy) is 1. The van der Waals surface area contributed by atoms with Crippen molar-refractivity contribution in [3.8, 4) is 0 Å². The van der Waals surface area contributed by atoms with Gasteiger partial charge in [0.2, 0.25) is 5.91 Å². The van der Waals surface area contributed by atoms with Crippen molar-refractivity contribution >= 4 is 28.8 Å². The summed E-state index contributed by atoms with van der Waals surface area (Å²) >= 11 is 7.64.